The Labute approximate surface area is 181 Å². The third-order valence-corrected chi connectivity index (χ3v) is 7.66. The Morgan fingerprint density at radius 1 is 0.828 bits per heavy atom. The summed E-state index contributed by atoms with van der Waals surface area (Å²) in [6.45, 7) is 18.3. The third-order valence-electron chi connectivity index (χ3n) is 7.66. The molecule has 0 saturated carbocycles. The normalized spacial score (nSPS) is 18.9. The minimum absolute atomic E-state index is 0.344. The molecule has 3 rings (SSSR count). The van der Waals surface area contributed by atoms with Gasteiger partial charge in [-0.1, -0.05) is 106 Å². The molecular formula is C29H43. The molecule has 29 heavy (non-hydrogen) atoms. The molecule has 0 saturated heterocycles. The lowest BCUT2D eigenvalue weighted by molar-refractivity contribution is 0.366. The first-order chi connectivity index (χ1) is 13.8. The van der Waals surface area contributed by atoms with Crippen molar-refractivity contribution in [1.29, 1.82) is 0 Å². The van der Waals surface area contributed by atoms with Crippen LogP contribution >= 0.6 is 0 Å². The van der Waals surface area contributed by atoms with Gasteiger partial charge in [-0.3, -0.25) is 0 Å². The highest BCUT2D eigenvalue weighted by Gasteiger charge is 2.40. The molecule has 0 aromatic heterocycles. The highest BCUT2D eigenvalue weighted by Crippen LogP contribution is 2.52. The Kier molecular flexibility index (Phi) is 8.15. The van der Waals surface area contributed by atoms with Gasteiger partial charge in [-0.2, -0.15) is 0 Å². The Morgan fingerprint density at radius 2 is 1.38 bits per heavy atom. The fourth-order valence-electron chi connectivity index (χ4n) is 4.90. The monoisotopic (exact) mass is 391 g/mol. The number of rotatable bonds is 7. The smallest absolute Gasteiger partial charge is 0.0128 e. The quantitative estimate of drug-likeness (QED) is 0.435. The predicted molar refractivity (Wildman–Crippen MR) is 130 cm³/mol. The zero-order chi connectivity index (χ0) is 21.7. The van der Waals surface area contributed by atoms with Crippen LogP contribution in [-0.2, 0) is 5.41 Å². The molecule has 0 nitrogen and oxygen atoms in total. The van der Waals surface area contributed by atoms with Crippen molar-refractivity contribution in [3.8, 4) is 0 Å². The van der Waals surface area contributed by atoms with Crippen molar-refractivity contribution >= 4 is 0 Å². The summed E-state index contributed by atoms with van der Waals surface area (Å²) in [5.41, 5.74) is 8.28. The van der Waals surface area contributed by atoms with Crippen LogP contribution in [0.5, 0.6) is 0 Å². The number of hydrogen-bond acceptors (Lipinski definition) is 0. The molecule has 1 aromatic rings. The van der Waals surface area contributed by atoms with Gasteiger partial charge in [-0.05, 0) is 62.8 Å². The first kappa shape index (κ1) is 23.7. The molecule has 0 aliphatic heterocycles. The van der Waals surface area contributed by atoms with Gasteiger partial charge in [0.1, 0.15) is 0 Å². The van der Waals surface area contributed by atoms with Gasteiger partial charge in [0.25, 0.3) is 0 Å². The molecule has 0 heterocycles. The van der Waals surface area contributed by atoms with E-state index in [0.717, 1.165) is 0 Å². The minimum Gasteiger partial charge on any atom is -0.0757 e. The standard InChI is InChI=1S/C16H23.C13H20/c1-5-16(6-2,14-8-9-14)15-10-7-12(3)11-13(15)4;1-5-13(4,6-2)12-9-7-11(3)8-10-12/h7-10,13H,5-6,11H2,1-4H3;7-10H,5-6H2,1-4H3. The van der Waals surface area contributed by atoms with E-state index in [9.17, 15) is 0 Å². The van der Waals surface area contributed by atoms with E-state index in [1.807, 2.05) is 0 Å². The number of hydrogen-bond donors (Lipinski definition) is 0. The van der Waals surface area contributed by atoms with Crippen LogP contribution in [0.4, 0.5) is 0 Å². The van der Waals surface area contributed by atoms with Gasteiger partial charge in [0, 0.05) is 11.8 Å². The molecule has 0 amide bonds. The Morgan fingerprint density at radius 3 is 1.79 bits per heavy atom. The summed E-state index contributed by atoms with van der Waals surface area (Å²) in [5, 5.41) is 0. The summed E-state index contributed by atoms with van der Waals surface area (Å²) < 4.78 is 0. The summed E-state index contributed by atoms with van der Waals surface area (Å²) in [6.07, 6.45) is 15.4. The van der Waals surface area contributed by atoms with Crippen molar-refractivity contribution in [3.05, 3.63) is 76.8 Å². The van der Waals surface area contributed by atoms with Crippen LogP contribution in [-0.4, -0.2) is 0 Å². The second-order valence-electron chi connectivity index (χ2n) is 9.45. The summed E-state index contributed by atoms with van der Waals surface area (Å²) in [6, 6.07) is 8.95. The van der Waals surface area contributed by atoms with Crippen molar-refractivity contribution in [3.63, 3.8) is 0 Å². The fourth-order valence-corrected chi connectivity index (χ4v) is 4.90. The van der Waals surface area contributed by atoms with Gasteiger partial charge in [0.15, 0.2) is 0 Å². The molecular weight excluding hydrogens is 348 g/mol. The predicted octanol–water partition coefficient (Wildman–Crippen LogP) is 8.92. The van der Waals surface area contributed by atoms with E-state index >= 15 is 0 Å². The highest BCUT2D eigenvalue weighted by molar-refractivity contribution is 5.51. The van der Waals surface area contributed by atoms with Gasteiger partial charge >= 0.3 is 0 Å². The maximum Gasteiger partial charge on any atom is 0.0128 e. The maximum atomic E-state index is 2.39. The molecule has 0 N–H and O–H groups in total. The number of aryl methyl sites for hydroxylation is 1. The van der Waals surface area contributed by atoms with Crippen LogP contribution in [0.15, 0.2) is 59.2 Å². The van der Waals surface area contributed by atoms with Crippen molar-refractivity contribution in [1.82, 2.24) is 0 Å². The zero-order valence-electron chi connectivity index (χ0n) is 20.2. The molecule has 2 aliphatic carbocycles. The largest absolute Gasteiger partial charge is 0.0757 e. The molecule has 1 aromatic carbocycles. The Bertz CT molecular complexity index is 746. The van der Waals surface area contributed by atoms with Gasteiger partial charge in [-0.15, -0.1) is 0 Å². The highest BCUT2D eigenvalue weighted by atomic mass is 14.4. The lowest BCUT2D eigenvalue weighted by Crippen LogP contribution is -2.26. The first-order valence-electron chi connectivity index (χ1n) is 11.8. The fraction of sp³-hybridized carbons (Fsp3) is 0.552. The lowest BCUT2D eigenvalue weighted by Gasteiger charge is -2.38. The zero-order valence-corrected chi connectivity index (χ0v) is 20.2. The summed E-state index contributed by atoms with van der Waals surface area (Å²) in [7, 11) is 0. The summed E-state index contributed by atoms with van der Waals surface area (Å²) in [4.78, 5) is 0. The van der Waals surface area contributed by atoms with E-state index in [1.165, 1.54) is 48.8 Å². The van der Waals surface area contributed by atoms with Crippen molar-refractivity contribution < 1.29 is 0 Å². The lowest BCUT2D eigenvalue weighted by atomic mass is 9.66. The molecule has 1 atom stereocenters. The van der Waals surface area contributed by atoms with Crippen LogP contribution < -0.4 is 0 Å². The second kappa shape index (κ2) is 9.96. The molecule has 1 radical (unpaired) electrons. The van der Waals surface area contributed by atoms with E-state index < -0.39 is 0 Å². The van der Waals surface area contributed by atoms with Gasteiger partial charge < -0.3 is 0 Å². The van der Waals surface area contributed by atoms with Crippen LogP contribution in [0.2, 0.25) is 0 Å². The SMILES string of the molecule is CCC(C)(CC)c1ccc(C)cc1.CCC(CC)(C1=C[CH]1)C1=CC=C(C)CC1C. The Balaban J connectivity index is 0.000000212. The average molecular weight is 392 g/mol. The second-order valence-corrected chi connectivity index (χ2v) is 9.45. The molecule has 0 heteroatoms. The molecule has 0 fully saturated rings. The number of allylic oxidation sites excluding steroid dienone is 6. The molecule has 159 valence electrons. The maximum absolute atomic E-state index is 2.39. The molecule has 1 unspecified atom stereocenters. The van der Waals surface area contributed by atoms with Crippen molar-refractivity contribution in [2.45, 2.75) is 92.9 Å². The van der Waals surface area contributed by atoms with Crippen LogP contribution in [0, 0.1) is 24.7 Å². The van der Waals surface area contributed by atoms with Crippen LogP contribution in [0.25, 0.3) is 0 Å². The van der Waals surface area contributed by atoms with E-state index in [1.54, 1.807) is 11.1 Å². The van der Waals surface area contributed by atoms with Crippen molar-refractivity contribution in [2.24, 2.45) is 11.3 Å². The summed E-state index contributed by atoms with van der Waals surface area (Å²) in [5.74, 6) is 0.708. The molecule has 0 spiro atoms. The van der Waals surface area contributed by atoms with Crippen LogP contribution in [0.1, 0.15) is 91.7 Å². The average Bonchev–Trinajstić information content (AvgIpc) is 3.57. The summed E-state index contributed by atoms with van der Waals surface area (Å²) >= 11 is 0. The van der Waals surface area contributed by atoms with E-state index in [2.05, 4.69) is 104 Å². The first-order valence-corrected chi connectivity index (χ1v) is 11.8. The molecule has 2 aliphatic rings. The number of benzene rings is 1. The van der Waals surface area contributed by atoms with E-state index in [0.29, 0.717) is 16.7 Å². The topological polar surface area (TPSA) is 0 Å². The van der Waals surface area contributed by atoms with Crippen LogP contribution in [0.3, 0.4) is 0 Å². The van der Waals surface area contributed by atoms with Gasteiger partial charge in [-0.25, -0.2) is 0 Å². The minimum atomic E-state index is 0.344. The third kappa shape index (κ3) is 5.33. The van der Waals surface area contributed by atoms with Gasteiger partial charge in [0.05, 0.1) is 0 Å². The van der Waals surface area contributed by atoms with E-state index in [-0.39, 0.29) is 0 Å². The van der Waals surface area contributed by atoms with Crippen molar-refractivity contribution in [2.75, 3.05) is 0 Å². The van der Waals surface area contributed by atoms with Gasteiger partial charge in [0.2, 0.25) is 0 Å². The van der Waals surface area contributed by atoms with E-state index in [4.69, 9.17) is 0 Å². The molecule has 0 bridgehead atoms. The Hall–Kier alpha value is -1.56.